The standard InChI is InChI=1S/C24H23ClN4O3S2/c1-28(2)14-15-29(24-26-21-8-3-4-9-22(21)33-24)23(30)17-6-5-7-19(16-17)27-34(31,32)20-12-10-18(25)11-13-20/h3-13,16,27H,14-15H2,1-2H3. The van der Waals surface area contributed by atoms with Crippen LogP contribution in [-0.2, 0) is 10.0 Å². The number of likely N-dealkylation sites (N-methyl/N-ethyl adjacent to an activating group) is 1. The average Bonchev–Trinajstić information content (AvgIpc) is 3.23. The Labute approximate surface area is 207 Å². The van der Waals surface area contributed by atoms with Crippen molar-refractivity contribution in [3.63, 3.8) is 0 Å². The first-order valence-corrected chi connectivity index (χ1v) is 13.1. The molecule has 0 bridgehead atoms. The van der Waals surface area contributed by atoms with Crippen LogP contribution in [0, 0.1) is 0 Å². The first-order valence-electron chi connectivity index (χ1n) is 10.4. The third-order valence-corrected chi connectivity index (χ3v) is 7.72. The van der Waals surface area contributed by atoms with Crippen molar-refractivity contribution in [1.29, 1.82) is 0 Å². The zero-order valence-corrected chi connectivity index (χ0v) is 21.0. The molecule has 0 unspecified atom stereocenters. The number of carbonyl (C=O) groups excluding carboxylic acids is 1. The molecule has 4 aromatic rings. The van der Waals surface area contributed by atoms with Gasteiger partial charge < -0.3 is 4.90 Å². The van der Waals surface area contributed by atoms with Crippen molar-refractivity contribution < 1.29 is 13.2 Å². The topological polar surface area (TPSA) is 82.6 Å². The Bertz CT molecular complexity index is 1390. The third kappa shape index (κ3) is 5.56. The Morgan fingerprint density at radius 1 is 1.00 bits per heavy atom. The lowest BCUT2D eigenvalue weighted by molar-refractivity contribution is 0.0985. The second-order valence-corrected chi connectivity index (χ2v) is 11.0. The van der Waals surface area contributed by atoms with Gasteiger partial charge in [-0.05, 0) is 68.7 Å². The lowest BCUT2D eigenvalue weighted by atomic mass is 10.2. The Balaban J connectivity index is 1.63. The van der Waals surface area contributed by atoms with E-state index >= 15 is 0 Å². The van der Waals surface area contributed by atoms with Gasteiger partial charge in [0.05, 0.1) is 15.1 Å². The zero-order valence-electron chi connectivity index (χ0n) is 18.6. The quantitative estimate of drug-likeness (QED) is 0.359. The lowest BCUT2D eigenvalue weighted by Gasteiger charge is -2.22. The molecule has 176 valence electrons. The summed E-state index contributed by atoms with van der Waals surface area (Å²) in [5.74, 6) is -0.256. The van der Waals surface area contributed by atoms with Gasteiger partial charge in [-0.1, -0.05) is 41.1 Å². The third-order valence-electron chi connectivity index (χ3n) is 5.02. The van der Waals surface area contributed by atoms with E-state index in [2.05, 4.69) is 9.71 Å². The summed E-state index contributed by atoms with van der Waals surface area (Å²) in [6.45, 7) is 1.08. The van der Waals surface area contributed by atoms with Crippen LogP contribution in [0.1, 0.15) is 10.4 Å². The number of hydrogen-bond donors (Lipinski definition) is 1. The average molecular weight is 515 g/mol. The summed E-state index contributed by atoms with van der Waals surface area (Å²) in [7, 11) is 0.0411. The number of para-hydroxylation sites is 1. The minimum atomic E-state index is -3.83. The molecule has 0 radical (unpaired) electrons. The van der Waals surface area contributed by atoms with E-state index in [-0.39, 0.29) is 16.5 Å². The van der Waals surface area contributed by atoms with Gasteiger partial charge >= 0.3 is 0 Å². The molecular formula is C24H23ClN4O3S2. The molecule has 1 amide bonds. The normalized spacial score (nSPS) is 11.6. The Morgan fingerprint density at radius 3 is 2.44 bits per heavy atom. The van der Waals surface area contributed by atoms with E-state index in [1.54, 1.807) is 23.1 Å². The summed E-state index contributed by atoms with van der Waals surface area (Å²) >= 11 is 7.31. The highest BCUT2D eigenvalue weighted by Crippen LogP contribution is 2.30. The fourth-order valence-corrected chi connectivity index (χ4v) is 5.42. The van der Waals surface area contributed by atoms with Crippen LogP contribution in [-0.4, -0.2) is 51.4 Å². The monoisotopic (exact) mass is 514 g/mol. The van der Waals surface area contributed by atoms with Crippen molar-refractivity contribution in [3.05, 3.63) is 83.4 Å². The summed E-state index contributed by atoms with van der Waals surface area (Å²) in [4.78, 5) is 21.9. The molecule has 10 heteroatoms. The molecule has 0 saturated heterocycles. The first kappa shape index (κ1) is 24.2. The summed E-state index contributed by atoms with van der Waals surface area (Å²) in [5.41, 5.74) is 1.47. The van der Waals surface area contributed by atoms with Crippen LogP contribution in [0.25, 0.3) is 10.2 Å². The van der Waals surface area contributed by atoms with Crippen LogP contribution in [0.3, 0.4) is 0 Å². The minimum Gasteiger partial charge on any atom is -0.308 e. The molecule has 0 aliphatic carbocycles. The Hall–Kier alpha value is -2.98. The Morgan fingerprint density at radius 2 is 1.74 bits per heavy atom. The van der Waals surface area contributed by atoms with E-state index in [0.29, 0.717) is 28.8 Å². The number of amides is 1. The van der Waals surface area contributed by atoms with E-state index in [4.69, 9.17) is 11.6 Å². The number of rotatable bonds is 8. The maximum absolute atomic E-state index is 13.5. The predicted octanol–water partition coefficient (Wildman–Crippen LogP) is 4.96. The highest BCUT2D eigenvalue weighted by Gasteiger charge is 2.22. The van der Waals surface area contributed by atoms with Gasteiger partial charge in [0.15, 0.2) is 5.13 Å². The van der Waals surface area contributed by atoms with Crippen LogP contribution < -0.4 is 9.62 Å². The van der Waals surface area contributed by atoms with E-state index in [1.807, 2.05) is 43.3 Å². The van der Waals surface area contributed by atoms with Crippen molar-refractivity contribution in [1.82, 2.24) is 9.88 Å². The number of carbonyl (C=O) groups is 1. The van der Waals surface area contributed by atoms with Crippen LogP contribution in [0.5, 0.6) is 0 Å². The molecule has 7 nitrogen and oxygen atoms in total. The van der Waals surface area contributed by atoms with Crippen LogP contribution in [0.2, 0.25) is 5.02 Å². The number of sulfonamides is 1. The fraction of sp³-hybridized carbons (Fsp3) is 0.167. The number of nitrogens with zero attached hydrogens (tertiary/aromatic N) is 3. The number of thiazole rings is 1. The van der Waals surface area contributed by atoms with Crippen LogP contribution in [0.4, 0.5) is 10.8 Å². The molecule has 1 aromatic heterocycles. The molecule has 0 saturated carbocycles. The zero-order chi connectivity index (χ0) is 24.3. The lowest BCUT2D eigenvalue weighted by Crippen LogP contribution is -2.36. The molecule has 0 atom stereocenters. The molecule has 4 rings (SSSR count). The fourth-order valence-electron chi connectivity index (χ4n) is 3.26. The summed E-state index contributed by atoms with van der Waals surface area (Å²) in [6, 6.07) is 20.1. The molecule has 1 N–H and O–H groups in total. The van der Waals surface area contributed by atoms with Gasteiger partial charge in [0.25, 0.3) is 15.9 Å². The minimum absolute atomic E-state index is 0.0794. The maximum atomic E-state index is 13.5. The van der Waals surface area contributed by atoms with Gasteiger partial charge in [0.2, 0.25) is 0 Å². The number of benzene rings is 3. The van der Waals surface area contributed by atoms with Crippen molar-refractivity contribution in [3.8, 4) is 0 Å². The number of anilines is 2. The molecule has 0 spiro atoms. The van der Waals surface area contributed by atoms with Crippen molar-refractivity contribution >= 4 is 59.9 Å². The van der Waals surface area contributed by atoms with E-state index in [0.717, 1.165) is 10.2 Å². The summed E-state index contributed by atoms with van der Waals surface area (Å²) in [6.07, 6.45) is 0. The second kappa shape index (κ2) is 10.1. The molecule has 34 heavy (non-hydrogen) atoms. The summed E-state index contributed by atoms with van der Waals surface area (Å²) in [5, 5.41) is 1.04. The molecule has 0 fully saturated rings. The summed E-state index contributed by atoms with van der Waals surface area (Å²) < 4.78 is 29.1. The van der Waals surface area contributed by atoms with Gasteiger partial charge in [-0.3, -0.25) is 14.4 Å². The van der Waals surface area contributed by atoms with Crippen LogP contribution in [0.15, 0.2) is 77.7 Å². The molecule has 1 heterocycles. The van der Waals surface area contributed by atoms with Gasteiger partial charge in [-0.25, -0.2) is 13.4 Å². The highest BCUT2D eigenvalue weighted by molar-refractivity contribution is 7.92. The number of nitrogens with one attached hydrogen (secondary N) is 1. The van der Waals surface area contributed by atoms with Crippen molar-refractivity contribution in [2.45, 2.75) is 4.90 Å². The SMILES string of the molecule is CN(C)CCN(C(=O)c1cccc(NS(=O)(=O)c2ccc(Cl)cc2)c1)c1nc2ccccc2s1. The van der Waals surface area contributed by atoms with Crippen LogP contribution >= 0.6 is 22.9 Å². The smallest absolute Gasteiger partial charge is 0.261 e. The number of aromatic nitrogens is 1. The Kier molecular flexibility index (Phi) is 7.18. The largest absolute Gasteiger partial charge is 0.308 e. The van der Waals surface area contributed by atoms with Gasteiger partial charge in [0.1, 0.15) is 0 Å². The number of fused-ring (bicyclic) bond motifs is 1. The maximum Gasteiger partial charge on any atom is 0.261 e. The highest BCUT2D eigenvalue weighted by atomic mass is 35.5. The molecule has 0 aliphatic rings. The van der Waals surface area contributed by atoms with E-state index in [1.165, 1.54) is 41.7 Å². The molecule has 0 aliphatic heterocycles. The number of hydrogen-bond acceptors (Lipinski definition) is 6. The number of halogens is 1. The van der Waals surface area contributed by atoms with Gasteiger partial charge in [-0.2, -0.15) is 0 Å². The van der Waals surface area contributed by atoms with Crippen molar-refractivity contribution in [2.75, 3.05) is 36.8 Å². The molecule has 3 aromatic carbocycles. The predicted molar refractivity (Wildman–Crippen MR) is 139 cm³/mol. The molecular weight excluding hydrogens is 492 g/mol. The van der Waals surface area contributed by atoms with Crippen molar-refractivity contribution in [2.24, 2.45) is 0 Å². The van der Waals surface area contributed by atoms with Gasteiger partial charge in [-0.15, -0.1) is 0 Å². The van der Waals surface area contributed by atoms with Gasteiger partial charge in [0, 0.05) is 29.4 Å². The van der Waals surface area contributed by atoms with E-state index in [9.17, 15) is 13.2 Å². The second-order valence-electron chi connectivity index (χ2n) is 7.86. The van der Waals surface area contributed by atoms with E-state index < -0.39 is 10.0 Å². The first-order chi connectivity index (χ1) is 16.2.